The molecule has 0 aliphatic heterocycles. The van der Waals surface area contributed by atoms with Crippen molar-refractivity contribution < 1.29 is 18.0 Å². The number of anilines is 2. The maximum atomic E-state index is 13.0. The van der Waals surface area contributed by atoms with E-state index in [1.54, 1.807) is 24.3 Å². The van der Waals surface area contributed by atoms with E-state index in [2.05, 4.69) is 41.0 Å². The molecule has 1 amide bonds. The van der Waals surface area contributed by atoms with Crippen molar-refractivity contribution in [1.82, 2.24) is 10.2 Å². The van der Waals surface area contributed by atoms with Gasteiger partial charge < -0.3 is 0 Å². The summed E-state index contributed by atoms with van der Waals surface area (Å²) in [6, 6.07) is 17.8. The summed E-state index contributed by atoms with van der Waals surface area (Å²) >= 11 is 12.6. The Hall–Kier alpha value is -3.31. The molecule has 12 heteroatoms. The minimum atomic E-state index is -4.15. The Morgan fingerprint density at radius 1 is 0.895 bits per heavy atom. The van der Waals surface area contributed by atoms with Crippen LogP contribution in [0.5, 0.6) is 0 Å². The van der Waals surface area contributed by atoms with Crippen molar-refractivity contribution in [3.63, 3.8) is 0 Å². The van der Waals surface area contributed by atoms with Gasteiger partial charge in [-0.05, 0) is 41.3 Å². The fourth-order valence-electron chi connectivity index (χ4n) is 3.42. The van der Waals surface area contributed by atoms with Gasteiger partial charge in [0.15, 0.2) is 5.78 Å². The van der Waals surface area contributed by atoms with Gasteiger partial charge in [-0.3, -0.25) is 19.6 Å². The molecule has 0 radical (unpaired) electrons. The van der Waals surface area contributed by atoms with Gasteiger partial charge in [-0.15, -0.1) is 10.2 Å². The number of nitrogens with zero attached hydrogens (tertiary/aromatic N) is 2. The minimum absolute atomic E-state index is 0.0379. The topological polar surface area (TPSA) is 118 Å². The molecule has 0 atom stereocenters. The van der Waals surface area contributed by atoms with Gasteiger partial charge in [0.05, 0.1) is 10.6 Å². The first-order valence-corrected chi connectivity index (χ1v) is 14.3. The zero-order valence-corrected chi connectivity index (χ0v) is 23.6. The average Bonchev–Trinajstić information content (AvgIpc) is 3.32. The summed E-state index contributed by atoms with van der Waals surface area (Å²) in [5.41, 5.74) is 2.18. The Morgan fingerprint density at radius 2 is 1.61 bits per heavy atom. The van der Waals surface area contributed by atoms with Gasteiger partial charge >= 0.3 is 0 Å². The van der Waals surface area contributed by atoms with Gasteiger partial charge in [0.25, 0.3) is 20.3 Å². The van der Waals surface area contributed by atoms with Gasteiger partial charge in [-0.1, -0.05) is 91.7 Å². The van der Waals surface area contributed by atoms with E-state index in [4.69, 9.17) is 23.2 Å². The van der Waals surface area contributed by atoms with Gasteiger partial charge in [0, 0.05) is 21.8 Å². The van der Waals surface area contributed by atoms with Gasteiger partial charge in [-0.2, -0.15) is 8.42 Å². The van der Waals surface area contributed by atoms with Gasteiger partial charge in [0.1, 0.15) is 0 Å². The molecule has 196 valence electrons. The molecule has 0 aliphatic carbocycles. The molecule has 0 spiro atoms. The molecule has 0 unspecified atom stereocenters. The third-order valence-corrected chi connectivity index (χ3v) is 8.56. The second kappa shape index (κ2) is 10.8. The van der Waals surface area contributed by atoms with Crippen LogP contribution in [0, 0.1) is 0 Å². The number of sulfonamides is 1. The first-order chi connectivity index (χ1) is 17.8. The Kier molecular flexibility index (Phi) is 7.89. The first-order valence-electron chi connectivity index (χ1n) is 11.2. The summed E-state index contributed by atoms with van der Waals surface area (Å²) in [5, 5.41) is 10.4. The fraction of sp³-hybridized carbons (Fsp3) is 0.154. The van der Waals surface area contributed by atoms with Crippen molar-refractivity contribution in [1.29, 1.82) is 0 Å². The number of amides is 1. The highest BCUT2D eigenvalue weighted by atomic mass is 35.5. The summed E-state index contributed by atoms with van der Waals surface area (Å²) in [7, 11) is -4.15. The number of benzene rings is 3. The lowest BCUT2D eigenvalue weighted by molar-refractivity contribution is 0.102. The van der Waals surface area contributed by atoms with Crippen molar-refractivity contribution in [2.24, 2.45) is 0 Å². The zero-order valence-electron chi connectivity index (χ0n) is 20.5. The summed E-state index contributed by atoms with van der Waals surface area (Å²) < 4.78 is 27.8. The minimum Gasteiger partial charge on any atom is -0.296 e. The third-order valence-electron chi connectivity index (χ3n) is 5.42. The Bertz CT molecular complexity index is 1630. The van der Waals surface area contributed by atoms with Crippen LogP contribution in [0.25, 0.3) is 0 Å². The molecule has 38 heavy (non-hydrogen) atoms. The summed E-state index contributed by atoms with van der Waals surface area (Å²) in [6.07, 6.45) is 0. The first kappa shape index (κ1) is 27.7. The molecule has 0 saturated carbocycles. The van der Waals surface area contributed by atoms with Crippen molar-refractivity contribution in [2.45, 2.75) is 30.5 Å². The molecule has 1 heterocycles. The number of ketones is 1. The largest absolute Gasteiger partial charge is 0.296 e. The van der Waals surface area contributed by atoms with Gasteiger partial charge in [-0.25, -0.2) is 0 Å². The van der Waals surface area contributed by atoms with Crippen molar-refractivity contribution >= 4 is 67.1 Å². The van der Waals surface area contributed by atoms with E-state index in [1.807, 2.05) is 12.1 Å². The number of aromatic nitrogens is 2. The highest BCUT2D eigenvalue weighted by Crippen LogP contribution is 2.27. The van der Waals surface area contributed by atoms with Crippen LogP contribution in [0.3, 0.4) is 0 Å². The molecule has 3 aromatic carbocycles. The molecule has 1 aromatic heterocycles. The smallest absolute Gasteiger partial charge is 0.291 e. The number of carbonyl (C=O) groups is 2. The Morgan fingerprint density at radius 3 is 2.26 bits per heavy atom. The number of nitrogens with one attached hydrogen (secondary N) is 2. The molecule has 4 rings (SSSR count). The monoisotopic (exact) mass is 588 g/mol. The van der Waals surface area contributed by atoms with Crippen LogP contribution in [0.2, 0.25) is 10.0 Å². The average molecular weight is 590 g/mol. The van der Waals surface area contributed by atoms with Crippen LogP contribution in [0.15, 0.2) is 71.1 Å². The second-order valence-corrected chi connectivity index (χ2v) is 13.0. The van der Waals surface area contributed by atoms with E-state index < -0.39 is 15.9 Å². The predicted molar refractivity (Wildman–Crippen MR) is 150 cm³/mol. The maximum absolute atomic E-state index is 13.0. The maximum Gasteiger partial charge on any atom is 0.291 e. The Labute approximate surface area is 234 Å². The van der Waals surface area contributed by atoms with Crippen LogP contribution in [-0.2, 0) is 15.4 Å². The van der Waals surface area contributed by atoms with Gasteiger partial charge in [0.2, 0.25) is 5.13 Å². The molecule has 0 aliphatic rings. The zero-order chi connectivity index (χ0) is 27.7. The van der Waals surface area contributed by atoms with Crippen molar-refractivity contribution in [3.05, 3.63) is 99.0 Å². The molecule has 0 bridgehead atoms. The van der Waals surface area contributed by atoms with E-state index >= 15 is 0 Å². The van der Waals surface area contributed by atoms with E-state index in [1.165, 1.54) is 30.3 Å². The lowest BCUT2D eigenvalue weighted by Gasteiger charge is -2.19. The predicted octanol–water partition coefficient (Wildman–Crippen LogP) is 6.43. The quantitative estimate of drug-likeness (QED) is 0.190. The molecular weight excluding hydrogens is 567 g/mol. The molecule has 4 aromatic rings. The highest BCUT2D eigenvalue weighted by molar-refractivity contribution is 7.94. The van der Waals surface area contributed by atoms with E-state index in [0.29, 0.717) is 27.5 Å². The number of hydrogen-bond donors (Lipinski definition) is 2. The van der Waals surface area contributed by atoms with E-state index in [0.717, 1.165) is 5.56 Å². The number of halogens is 2. The second-order valence-electron chi connectivity index (χ2n) is 9.29. The van der Waals surface area contributed by atoms with Crippen LogP contribution < -0.4 is 10.0 Å². The van der Waals surface area contributed by atoms with Crippen LogP contribution in [-0.4, -0.2) is 30.3 Å². The van der Waals surface area contributed by atoms with Crippen LogP contribution in [0.1, 0.15) is 52.6 Å². The summed E-state index contributed by atoms with van der Waals surface area (Å²) in [4.78, 5) is 25.5. The number of rotatable bonds is 7. The molecular formula is C26H22Cl2N4O4S2. The molecule has 2 N–H and O–H groups in total. The molecule has 0 saturated heterocycles. The SMILES string of the molecule is CC(C)(C)c1ccc(C(=O)c2cccc(NS(=O)(=O)c3nnc(NC(=O)c4ccc(Cl)cc4Cl)s3)c2)cc1. The lowest BCUT2D eigenvalue weighted by Crippen LogP contribution is -2.13. The normalized spacial score (nSPS) is 11.7. The Balaban J connectivity index is 1.48. The highest BCUT2D eigenvalue weighted by Gasteiger charge is 2.23. The van der Waals surface area contributed by atoms with Crippen molar-refractivity contribution in [2.75, 3.05) is 10.0 Å². The summed E-state index contributed by atoms with van der Waals surface area (Å²) in [5.74, 6) is -0.838. The van der Waals surface area contributed by atoms with Crippen LogP contribution >= 0.6 is 34.5 Å². The summed E-state index contributed by atoms with van der Waals surface area (Å²) in [6.45, 7) is 6.26. The van der Waals surface area contributed by atoms with Crippen LogP contribution in [0.4, 0.5) is 10.8 Å². The standard InChI is InChI=1S/C26H22Cl2N4O4S2/c1-26(2,3)17-9-7-15(8-10-17)22(33)16-5-4-6-19(13-16)32-38(35,36)25-31-30-24(37-25)29-23(34)20-12-11-18(27)14-21(20)28/h4-14,32H,1-3H3,(H,29,30,34). The van der Waals surface area contributed by atoms with E-state index in [-0.39, 0.29) is 36.9 Å². The lowest BCUT2D eigenvalue weighted by atomic mass is 9.86. The molecule has 0 fully saturated rings. The fourth-order valence-corrected chi connectivity index (χ4v) is 5.86. The van der Waals surface area contributed by atoms with E-state index in [9.17, 15) is 18.0 Å². The number of hydrogen-bond acceptors (Lipinski definition) is 7. The molecule has 8 nitrogen and oxygen atoms in total. The third kappa shape index (κ3) is 6.39. The number of carbonyl (C=O) groups excluding carboxylic acids is 2. The van der Waals surface area contributed by atoms with Crippen molar-refractivity contribution in [3.8, 4) is 0 Å².